The fourth-order valence-corrected chi connectivity index (χ4v) is 1.74. The Bertz CT molecular complexity index is 520. The molecule has 0 unspecified atom stereocenters. The summed E-state index contributed by atoms with van der Waals surface area (Å²) in [7, 11) is 3.40. The van der Waals surface area contributed by atoms with Crippen LogP contribution in [0.25, 0.3) is 11.3 Å². The second-order valence-corrected chi connectivity index (χ2v) is 3.64. The van der Waals surface area contributed by atoms with Crippen LogP contribution in [0.4, 0.5) is 4.39 Å². The minimum absolute atomic E-state index is 0.283. The van der Waals surface area contributed by atoms with Crippen molar-refractivity contribution in [3.63, 3.8) is 0 Å². The van der Waals surface area contributed by atoms with Gasteiger partial charge in [-0.2, -0.15) is 5.10 Å². The van der Waals surface area contributed by atoms with Gasteiger partial charge in [-0.3, -0.25) is 4.68 Å². The van der Waals surface area contributed by atoms with Gasteiger partial charge in [-0.05, 0) is 31.2 Å². The molecule has 0 spiro atoms. The number of aromatic nitrogens is 2. The van der Waals surface area contributed by atoms with E-state index in [-0.39, 0.29) is 5.82 Å². The molecular weight excluding hydrogens is 207 g/mol. The van der Waals surface area contributed by atoms with Crippen molar-refractivity contribution in [2.24, 2.45) is 7.05 Å². The largest absolute Gasteiger partial charge is 0.496 e. The van der Waals surface area contributed by atoms with Crippen LogP contribution in [0.5, 0.6) is 5.75 Å². The number of rotatable bonds is 2. The molecule has 0 aliphatic heterocycles. The lowest BCUT2D eigenvalue weighted by molar-refractivity contribution is 0.415. The van der Waals surface area contributed by atoms with E-state index in [0.717, 1.165) is 11.4 Å². The number of hydrogen-bond acceptors (Lipinski definition) is 2. The number of benzene rings is 1. The van der Waals surface area contributed by atoms with Crippen molar-refractivity contribution < 1.29 is 9.13 Å². The molecule has 0 saturated heterocycles. The molecule has 84 valence electrons. The second-order valence-electron chi connectivity index (χ2n) is 3.64. The Morgan fingerprint density at radius 2 is 2.06 bits per heavy atom. The molecule has 16 heavy (non-hydrogen) atoms. The summed E-state index contributed by atoms with van der Waals surface area (Å²) in [5, 5.41) is 4.23. The maximum absolute atomic E-state index is 13.2. The van der Waals surface area contributed by atoms with Crippen LogP contribution in [0.15, 0.2) is 24.3 Å². The lowest BCUT2D eigenvalue weighted by atomic mass is 10.1. The number of aryl methyl sites for hydroxylation is 2. The minimum atomic E-state index is -0.283. The Balaban J connectivity index is 2.62. The van der Waals surface area contributed by atoms with Crippen LogP contribution >= 0.6 is 0 Å². The molecule has 0 amide bonds. The van der Waals surface area contributed by atoms with Crippen LogP contribution in [0.1, 0.15) is 5.69 Å². The summed E-state index contributed by atoms with van der Waals surface area (Å²) < 4.78 is 20.1. The predicted molar refractivity (Wildman–Crippen MR) is 59.9 cm³/mol. The molecule has 0 atom stereocenters. The fraction of sp³-hybridized carbons (Fsp3) is 0.250. The highest BCUT2D eigenvalue weighted by molar-refractivity contribution is 5.67. The Kier molecular flexibility index (Phi) is 2.64. The number of halogens is 1. The van der Waals surface area contributed by atoms with E-state index in [0.29, 0.717) is 11.3 Å². The summed E-state index contributed by atoms with van der Waals surface area (Å²) in [6.07, 6.45) is 0. The second kappa shape index (κ2) is 3.96. The molecule has 0 saturated carbocycles. The zero-order valence-corrected chi connectivity index (χ0v) is 9.49. The van der Waals surface area contributed by atoms with Crippen molar-refractivity contribution >= 4 is 0 Å². The average molecular weight is 220 g/mol. The number of methoxy groups -OCH3 is 1. The summed E-state index contributed by atoms with van der Waals surface area (Å²) in [4.78, 5) is 0. The van der Waals surface area contributed by atoms with Gasteiger partial charge in [-0.1, -0.05) is 0 Å². The quantitative estimate of drug-likeness (QED) is 0.777. The Morgan fingerprint density at radius 3 is 2.62 bits per heavy atom. The monoisotopic (exact) mass is 220 g/mol. The number of nitrogens with zero attached hydrogens (tertiary/aromatic N) is 2. The molecule has 1 aromatic carbocycles. The first-order valence-corrected chi connectivity index (χ1v) is 4.96. The molecule has 0 bridgehead atoms. The number of ether oxygens (including phenoxy) is 1. The van der Waals surface area contributed by atoms with Crippen molar-refractivity contribution in [2.75, 3.05) is 7.11 Å². The molecule has 0 aliphatic rings. The van der Waals surface area contributed by atoms with E-state index in [2.05, 4.69) is 5.10 Å². The first-order valence-electron chi connectivity index (χ1n) is 4.96. The molecule has 3 nitrogen and oxygen atoms in total. The minimum Gasteiger partial charge on any atom is -0.496 e. The highest BCUT2D eigenvalue weighted by Crippen LogP contribution is 2.30. The lowest BCUT2D eigenvalue weighted by Crippen LogP contribution is -1.96. The van der Waals surface area contributed by atoms with Crippen LogP contribution in [0, 0.1) is 12.7 Å². The van der Waals surface area contributed by atoms with E-state index < -0.39 is 0 Å². The molecule has 0 N–H and O–H groups in total. The normalized spacial score (nSPS) is 10.5. The summed E-state index contributed by atoms with van der Waals surface area (Å²) in [5.41, 5.74) is 2.45. The van der Waals surface area contributed by atoms with E-state index in [1.807, 2.05) is 20.0 Å². The zero-order valence-electron chi connectivity index (χ0n) is 9.49. The van der Waals surface area contributed by atoms with Crippen molar-refractivity contribution in [3.05, 3.63) is 35.8 Å². The first-order chi connectivity index (χ1) is 7.61. The van der Waals surface area contributed by atoms with Crippen molar-refractivity contribution in [2.45, 2.75) is 6.92 Å². The smallest absolute Gasteiger partial charge is 0.128 e. The first kappa shape index (κ1) is 10.7. The molecule has 2 aromatic rings. The van der Waals surface area contributed by atoms with Crippen LogP contribution in [-0.2, 0) is 7.05 Å². The van der Waals surface area contributed by atoms with E-state index in [1.54, 1.807) is 17.9 Å². The molecule has 2 rings (SSSR count). The van der Waals surface area contributed by atoms with E-state index in [9.17, 15) is 4.39 Å². The number of hydrogen-bond donors (Lipinski definition) is 0. The van der Waals surface area contributed by atoms with Gasteiger partial charge in [0, 0.05) is 12.6 Å². The highest BCUT2D eigenvalue weighted by Gasteiger charge is 2.11. The van der Waals surface area contributed by atoms with Gasteiger partial charge in [0.25, 0.3) is 0 Å². The average Bonchev–Trinajstić information content (AvgIpc) is 2.57. The third-order valence-corrected chi connectivity index (χ3v) is 2.44. The standard InChI is InChI=1S/C12H13FN2O/c1-8-6-11(15(2)14-8)10-7-9(13)4-5-12(10)16-3/h4-7H,1-3H3. The summed E-state index contributed by atoms with van der Waals surface area (Å²) in [6, 6.07) is 6.35. The molecule has 0 fully saturated rings. The molecular formula is C12H13FN2O. The maximum Gasteiger partial charge on any atom is 0.128 e. The Hall–Kier alpha value is -1.84. The lowest BCUT2D eigenvalue weighted by Gasteiger charge is -2.08. The van der Waals surface area contributed by atoms with Gasteiger partial charge in [0.05, 0.1) is 18.5 Å². The van der Waals surface area contributed by atoms with Gasteiger partial charge in [-0.15, -0.1) is 0 Å². The Labute approximate surface area is 93.5 Å². The van der Waals surface area contributed by atoms with Crippen molar-refractivity contribution in [1.82, 2.24) is 9.78 Å². The summed E-state index contributed by atoms with van der Waals surface area (Å²) >= 11 is 0. The predicted octanol–water partition coefficient (Wildman–Crippen LogP) is 2.54. The third kappa shape index (κ3) is 1.78. The zero-order chi connectivity index (χ0) is 11.7. The Morgan fingerprint density at radius 1 is 1.31 bits per heavy atom. The van der Waals surface area contributed by atoms with Gasteiger partial charge in [0.15, 0.2) is 0 Å². The molecule has 4 heteroatoms. The van der Waals surface area contributed by atoms with Crippen molar-refractivity contribution in [3.8, 4) is 17.0 Å². The topological polar surface area (TPSA) is 27.1 Å². The van der Waals surface area contributed by atoms with Gasteiger partial charge < -0.3 is 4.74 Å². The molecule has 1 heterocycles. The fourth-order valence-electron chi connectivity index (χ4n) is 1.74. The molecule has 0 aliphatic carbocycles. The molecule has 0 radical (unpaired) electrons. The third-order valence-electron chi connectivity index (χ3n) is 2.44. The van der Waals surface area contributed by atoms with Gasteiger partial charge in [0.1, 0.15) is 11.6 Å². The maximum atomic E-state index is 13.2. The molecule has 1 aromatic heterocycles. The summed E-state index contributed by atoms with van der Waals surface area (Å²) in [6.45, 7) is 1.90. The van der Waals surface area contributed by atoms with Crippen LogP contribution in [0.2, 0.25) is 0 Å². The van der Waals surface area contributed by atoms with Crippen LogP contribution in [0.3, 0.4) is 0 Å². The van der Waals surface area contributed by atoms with Gasteiger partial charge in [-0.25, -0.2) is 4.39 Å². The summed E-state index contributed by atoms with van der Waals surface area (Å²) in [5.74, 6) is 0.360. The van der Waals surface area contributed by atoms with Crippen LogP contribution < -0.4 is 4.74 Å². The van der Waals surface area contributed by atoms with E-state index >= 15 is 0 Å². The van der Waals surface area contributed by atoms with Crippen molar-refractivity contribution in [1.29, 1.82) is 0 Å². The van der Waals surface area contributed by atoms with E-state index in [1.165, 1.54) is 12.1 Å². The van der Waals surface area contributed by atoms with E-state index in [4.69, 9.17) is 4.74 Å². The highest BCUT2D eigenvalue weighted by atomic mass is 19.1. The van der Waals surface area contributed by atoms with Gasteiger partial charge in [0.2, 0.25) is 0 Å². The van der Waals surface area contributed by atoms with Gasteiger partial charge >= 0.3 is 0 Å². The van der Waals surface area contributed by atoms with Crippen LogP contribution in [-0.4, -0.2) is 16.9 Å². The SMILES string of the molecule is COc1ccc(F)cc1-c1cc(C)nn1C.